The van der Waals surface area contributed by atoms with E-state index in [4.69, 9.17) is 5.73 Å². The van der Waals surface area contributed by atoms with Gasteiger partial charge in [0.2, 0.25) is 0 Å². The molecule has 1 aliphatic carbocycles. The van der Waals surface area contributed by atoms with Gasteiger partial charge in [0, 0.05) is 5.54 Å². The van der Waals surface area contributed by atoms with Gasteiger partial charge in [-0.05, 0) is 18.8 Å². The molecule has 0 radical (unpaired) electrons. The molecule has 1 saturated carbocycles. The molecule has 1 rings (SSSR count). The first-order valence-electron chi connectivity index (χ1n) is 4.44. The van der Waals surface area contributed by atoms with Gasteiger partial charge in [0.05, 0.1) is 0 Å². The maximum atomic E-state index is 6.20. The van der Waals surface area contributed by atoms with E-state index in [1.165, 1.54) is 32.1 Å². The fourth-order valence-electron chi connectivity index (χ4n) is 1.79. The summed E-state index contributed by atoms with van der Waals surface area (Å²) in [6.45, 7) is 4.48. The molecule has 1 nitrogen and oxygen atoms in total. The van der Waals surface area contributed by atoms with Crippen LogP contribution in [0.3, 0.4) is 0 Å². The second-order valence-corrected chi connectivity index (χ2v) is 3.95. The van der Waals surface area contributed by atoms with Gasteiger partial charge in [0.15, 0.2) is 0 Å². The zero-order chi connectivity index (χ0) is 7.61. The summed E-state index contributed by atoms with van der Waals surface area (Å²) in [6, 6.07) is 0. The Hall–Kier alpha value is 1.60. The van der Waals surface area contributed by atoms with Gasteiger partial charge < -0.3 is 5.73 Å². The van der Waals surface area contributed by atoms with Crippen LogP contribution in [0.1, 0.15) is 46.0 Å². The molecule has 11 heavy (non-hydrogen) atoms. The summed E-state index contributed by atoms with van der Waals surface area (Å²) < 4.78 is 0. The van der Waals surface area contributed by atoms with Crippen molar-refractivity contribution < 1.29 is 0 Å². The average Bonchev–Trinajstić information content (AvgIpc) is 1.89. The molecule has 2 heteroatoms. The van der Waals surface area contributed by atoms with Crippen LogP contribution in [-0.2, 0) is 0 Å². The Morgan fingerprint density at radius 1 is 1.09 bits per heavy atom. The van der Waals surface area contributed by atoms with E-state index < -0.39 is 0 Å². The number of hydrogen-bond donors (Lipinski definition) is 1. The third-order valence-corrected chi connectivity index (χ3v) is 2.93. The van der Waals surface area contributed by atoms with Gasteiger partial charge >= 0.3 is 51.4 Å². The first kappa shape index (κ1) is 12.6. The van der Waals surface area contributed by atoms with Crippen molar-refractivity contribution in [2.45, 2.75) is 51.5 Å². The Morgan fingerprint density at radius 2 is 1.55 bits per heavy atom. The second-order valence-electron chi connectivity index (χ2n) is 3.95. The summed E-state index contributed by atoms with van der Waals surface area (Å²) in [5, 5.41) is 0. The van der Waals surface area contributed by atoms with Crippen molar-refractivity contribution in [3.8, 4) is 0 Å². The normalized spacial score (nSPS) is 22.9. The molecule has 0 aliphatic heterocycles. The second kappa shape index (κ2) is 5.35. The van der Waals surface area contributed by atoms with Gasteiger partial charge in [-0.2, -0.15) is 0 Å². The molecule has 0 unspecified atom stereocenters. The Morgan fingerprint density at radius 3 is 1.82 bits per heavy atom. The van der Waals surface area contributed by atoms with Crippen LogP contribution in [0.2, 0.25) is 0 Å². The Labute approximate surface area is 113 Å². The van der Waals surface area contributed by atoms with Gasteiger partial charge in [0.1, 0.15) is 0 Å². The quantitative estimate of drug-likeness (QED) is 0.612. The predicted molar refractivity (Wildman–Crippen MR) is 52.0 cm³/mol. The van der Waals surface area contributed by atoms with Crippen molar-refractivity contribution in [2.75, 3.05) is 0 Å². The van der Waals surface area contributed by atoms with Gasteiger partial charge in [-0.1, -0.05) is 33.1 Å². The van der Waals surface area contributed by atoms with Gasteiger partial charge in [-0.3, -0.25) is 0 Å². The Kier molecular flexibility index (Phi) is 6.13. The standard InChI is InChI=1S/C9H19N.K.H/c1-8(2)9(10)6-4-3-5-7-9;;/h8H,3-7,10H2,1-2H3;;. The third kappa shape index (κ3) is 3.45. The van der Waals surface area contributed by atoms with E-state index >= 15 is 0 Å². The van der Waals surface area contributed by atoms with Crippen molar-refractivity contribution >= 4 is 51.4 Å². The maximum absolute atomic E-state index is 6.20. The minimum absolute atomic E-state index is 0. The molecule has 0 spiro atoms. The SMILES string of the molecule is CC(C)C1(N)CCCCC1.[KH]. The first-order chi connectivity index (χ1) is 4.65. The monoisotopic (exact) mass is 181 g/mol. The summed E-state index contributed by atoms with van der Waals surface area (Å²) in [5.41, 5.74) is 6.38. The van der Waals surface area contributed by atoms with E-state index in [0.717, 1.165) is 0 Å². The number of nitrogens with two attached hydrogens (primary N) is 1. The van der Waals surface area contributed by atoms with Crippen LogP contribution < -0.4 is 5.73 Å². The molecule has 0 aromatic heterocycles. The molecule has 1 aliphatic rings. The van der Waals surface area contributed by atoms with Crippen LogP contribution >= 0.6 is 0 Å². The fraction of sp³-hybridized carbons (Fsp3) is 1.00. The zero-order valence-electron chi connectivity index (χ0n) is 7.19. The van der Waals surface area contributed by atoms with Crippen LogP contribution in [-0.4, -0.2) is 56.9 Å². The molecule has 0 aromatic rings. The van der Waals surface area contributed by atoms with E-state index in [2.05, 4.69) is 13.8 Å². The summed E-state index contributed by atoms with van der Waals surface area (Å²) in [6.07, 6.45) is 6.56. The molecule has 0 aromatic carbocycles. The van der Waals surface area contributed by atoms with E-state index in [9.17, 15) is 0 Å². The molecular formula is C9H20KN. The molecule has 1 fully saturated rings. The minimum atomic E-state index is 0. The van der Waals surface area contributed by atoms with E-state index in [1.807, 2.05) is 0 Å². The predicted octanol–water partition coefficient (Wildman–Crippen LogP) is 1.66. The van der Waals surface area contributed by atoms with Gasteiger partial charge in [0.25, 0.3) is 0 Å². The van der Waals surface area contributed by atoms with Crippen LogP contribution in [0, 0.1) is 5.92 Å². The molecule has 0 heterocycles. The van der Waals surface area contributed by atoms with Crippen LogP contribution in [0.4, 0.5) is 0 Å². The third-order valence-electron chi connectivity index (χ3n) is 2.93. The van der Waals surface area contributed by atoms with Crippen LogP contribution in [0.5, 0.6) is 0 Å². The topological polar surface area (TPSA) is 26.0 Å². The Balaban J connectivity index is 0.000001000. The molecule has 0 bridgehead atoms. The fourth-order valence-corrected chi connectivity index (χ4v) is 1.79. The summed E-state index contributed by atoms with van der Waals surface area (Å²) >= 11 is 0. The summed E-state index contributed by atoms with van der Waals surface area (Å²) in [5.74, 6) is 0.660. The van der Waals surface area contributed by atoms with E-state index in [1.54, 1.807) is 0 Å². The van der Waals surface area contributed by atoms with E-state index in [-0.39, 0.29) is 56.9 Å². The van der Waals surface area contributed by atoms with Crippen molar-refractivity contribution in [2.24, 2.45) is 11.7 Å². The molecule has 0 atom stereocenters. The zero-order valence-corrected chi connectivity index (χ0v) is 7.19. The summed E-state index contributed by atoms with van der Waals surface area (Å²) in [4.78, 5) is 0. The Bertz CT molecular complexity index is 106. The van der Waals surface area contributed by atoms with Crippen molar-refractivity contribution in [1.82, 2.24) is 0 Å². The van der Waals surface area contributed by atoms with Crippen molar-refractivity contribution in [3.05, 3.63) is 0 Å². The van der Waals surface area contributed by atoms with E-state index in [0.29, 0.717) is 5.92 Å². The molecule has 0 saturated heterocycles. The molecule has 2 N–H and O–H groups in total. The molecule has 62 valence electrons. The van der Waals surface area contributed by atoms with Crippen LogP contribution in [0.15, 0.2) is 0 Å². The summed E-state index contributed by atoms with van der Waals surface area (Å²) in [7, 11) is 0. The number of hydrogen-bond acceptors (Lipinski definition) is 1. The van der Waals surface area contributed by atoms with Crippen molar-refractivity contribution in [1.29, 1.82) is 0 Å². The van der Waals surface area contributed by atoms with Gasteiger partial charge in [-0.25, -0.2) is 0 Å². The van der Waals surface area contributed by atoms with Gasteiger partial charge in [-0.15, -0.1) is 0 Å². The number of rotatable bonds is 1. The first-order valence-corrected chi connectivity index (χ1v) is 4.44. The average molecular weight is 181 g/mol. The van der Waals surface area contributed by atoms with Crippen molar-refractivity contribution in [3.63, 3.8) is 0 Å². The molecular weight excluding hydrogens is 161 g/mol. The van der Waals surface area contributed by atoms with Crippen LogP contribution in [0.25, 0.3) is 0 Å². The molecule has 0 amide bonds.